The minimum absolute atomic E-state index is 0.0747. The molecule has 0 radical (unpaired) electrons. The zero-order valence-corrected chi connectivity index (χ0v) is 16.3. The molecule has 2 atom stereocenters. The van der Waals surface area contributed by atoms with Gasteiger partial charge in [-0.05, 0) is 57.0 Å². The lowest BCUT2D eigenvalue weighted by Gasteiger charge is -2.19. The van der Waals surface area contributed by atoms with E-state index in [1.165, 1.54) is 50.6 Å². The van der Waals surface area contributed by atoms with E-state index in [0.717, 1.165) is 38.5 Å². The molecule has 0 amide bonds. The van der Waals surface area contributed by atoms with Crippen LogP contribution in [0.2, 0.25) is 0 Å². The third-order valence-electron chi connectivity index (χ3n) is 4.35. The highest BCUT2D eigenvalue weighted by molar-refractivity contribution is 7.57. The first-order chi connectivity index (χ1) is 10.6. The summed E-state index contributed by atoms with van der Waals surface area (Å²) in [5.41, 5.74) is 0. The molecule has 0 heterocycles. The summed E-state index contributed by atoms with van der Waals surface area (Å²) in [6, 6.07) is 0. The molecule has 0 fully saturated rings. The topological polar surface area (TPSA) is 40.5 Å². The average Bonchev–Trinajstić information content (AvgIpc) is 2.50. The number of unbranched alkanes of at least 4 members (excludes halogenated alkanes) is 2. The van der Waals surface area contributed by atoms with E-state index >= 15 is 0 Å². The second kappa shape index (κ2) is 16.2. The summed E-state index contributed by atoms with van der Waals surface area (Å²) < 4.78 is 0. The summed E-state index contributed by atoms with van der Waals surface area (Å²) in [5, 5.41) is 19.9. The maximum absolute atomic E-state index is 9.93. The Labute approximate surface area is 140 Å². The van der Waals surface area contributed by atoms with Gasteiger partial charge < -0.3 is 10.2 Å². The molecule has 0 rings (SSSR count). The van der Waals surface area contributed by atoms with E-state index in [1.54, 1.807) is 0 Å². The summed E-state index contributed by atoms with van der Waals surface area (Å²) in [7, 11) is 0.130. The SMILES string of the molecule is CCCCC(O)CCCP(CCC)CCCC(O)CCCC. The van der Waals surface area contributed by atoms with Gasteiger partial charge in [-0.3, -0.25) is 0 Å². The lowest BCUT2D eigenvalue weighted by molar-refractivity contribution is 0.151. The van der Waals surface area contributed by atoms with Crippen LogP contribution in [0, 0.1) is 0 Å². The molecule has 0 aromatic heterocycles. The Balaban J connectivity index is 3.76. The third kappa shape index (κ3) is 14.0. The summed E-state index contributed by atoms with van der Waals surface area (Å²) in [6.07, 6.45) is 16.1. The van der Waals surface area contributed by atoms with Crippen LogP contribution in [0.15, 0.2) is 0 Å². The van der Waals surface area contributed by atoms with Crippen molar-refractivity contribution in [3.05, 3.63) is 0 Å². The molecular formula is C19H41O2P. The van der Waals surface area contributed by atoms with E-state index in [4.69, 9.17) is 0 Å². The fourth-order valence-corrected chi connectivity index (χ4v) is 5.48. The molecule has 2 nitrogen and oxygen atoms in total. The van der Waals surface area contributed by atoms with E-state index in [1.807, 2.05) is 0 Å². The quantitative estimate of drug-likeness (QED) is 0.364. The standard InChI is InChI=1S/C19H41O2P/c1-4-7-11-18(20)13-9-16-22(15-6-3)17-10-14-19(21)12-8-5-2/h18-21H,4-17H2,1-3H3. The smallest absolute Gasteiger partial charge is 0.0540 e. The van der Waals surface area contributed by atoms with Crippen molar-refractivity contribution in [2.24, 2.45) is 0 Å². The largest absolute Gasteiger partial charge is 0.393 e. The molecule has 0 saturated heterocycles. The van der Waals surface area contributed by atoms with Crippen molar-refractivity contribution in [2.45, 2.75) is 104 Å². The van der Waals surface area contributed by atoms with Crippen LogP contribution < -0.4 is 0 Å². The zero-order valence-electron chi connectivity index (χ0n) is 15.4. The van der Waals surface area contributed by atoms with Crippen LogP contribution in [0.4, 0.5) is 0 Å². The van der Waals surface area contributed by atoms with Crippen molar-refractivity contribution in [2.75, 3.05) is 18.5 Å². The molecule has 3 heteroatoms. The summed E-state index contributed by atoms with van der Waals surface area (Å²) in [6.45, 7) is 6.64. The number of hydrogen-bond acceptors (Lipinski definition) is 2. The Morgan fingerprint density at radius 1 is 0.591 bits per heavy atom. The van der Waals surface area contributed by atoms with Crippen LogP contribution in [0.25, 0.3) is 0 Å². The molecule has 0 aromatic carbocycles. The van der Waals surface area contributed by atoms with Crippen molar-refractivity contribution >= 4 is 7.92 Å². The molecular weight excluding hydrogens is 291 g/mol. The first-order valence-corrected chi connectivity index (χ1v) is 11.6. The van der Waals surface area contributed by atoms with Crippen molar-refractivity contribution in [1.82, 2.24) is 0 Å². The van der Waals surface area contributed by atoms with Crippen LogP contribution in [0.5, 0.6) is 0 Å². The number of hydrogen-bond donors (Lipinski definition) is 2. The Hall–Kier alpha value is 0.350. The maximum atomic E-state index is 9.93. The molecule has 0 spiro atoms. The molecule has 0 aromatic rings. The molecule has 2 N–H and O–H groups in total. The minimum atomic E-state index is -0.0747. The second-order valence-electron chi connectivity index (χ2n) is 6.72. The molecule has 134 valence electrons. The van der Waals surface area contributed by atoms with Gasteiger partial charge in [-0.15, -0.1) is 7.92 Å². The first-order valence-electron chi connectivity index (χ1n) is 9.72. The van der Waals surface area contributed by atoms with Crippen LogP contribution >= 0.6 is 7.92 Å². The molecule has 22 heavy (non-hydrogen) atoms. The van der Waals surface area contributed by atoms with Crippen LogP contribution in [0.3, 0.4) is 0 Å². The predicted octanol–water partition coefficient (Wildman–Crippen LogP) is 5.54. The number of aliphatic hydroxyl groups is 2. The van der Waals surface area contributed by atoms with Crippen molar-refractivity contribution in [3.8, 4) is 0 Å². The Morgan fingerprint density at radius 2 is 1.00 bits per heavy atom. The highest BCUT2D eigenvalue weighted by atomic mass is 31.1. The normalized spacial score (nSPS) is 15.7. The third-order valence-corrected chi connectivity index (χ3v) is 7.32. The average molecular weight is 333 g/mol. The lowest BCUT2D eigenvalue weighted by atomic mass is 10.1. The van der Waals surface area contributed by atoms with Crippen LogP contribution in [-0.2, 0) is 0 Å². The highest BCUT2D eigenvalue weighted by Gasteiger charge is 2.11. The number of aliphatic hydroxyl groups excluding tert-OH is 2. The fraction of sp³-hybridized carbons (Fsp3) is 1.00. The number of rotatable bonds is 16. The van der Waals surface area contributed by atoms with Gasteiger partial charge in [0.05, 0.1) is 12.2 Å². The van der Waals surface area contributed by atoms with Gasteiger partial charge in [0.25, 0.3) is 0 Å². The zero-order chi connectivity index (χ0) is 16.6. The molecule has 2 unspecified atom stereocenters. The highest BCUT2D eigenvalue weighted by Crippen LogP contribution is 2.38. The molecule has 0 aliphatic carbocycles. The summed E-state index contributed by atoms with van der Waals surface area (Å²) in [4.78, 5) is 0. The predicted molar refractivity (Wildman–Crippen MR) is 101 cm³/mol. The lowest BCUT2D eigenvalue weighted by Crippen LogP contribution is -2.09. The molecule has 0 bridgehead atoms. The molecule has 0 aliphatic rings. The van der Waals surface area contributed by atoms with Crippen molar-refractivity contribution in [3.63, 3.8) is 0 Å². The van der Waals surface area contributed by atoms with Crippen molar-refractivity contribution < 1.29 is 10.2 Å². The minimum Gasteiger partial charge on any atom is -0.393 e. The van der Waals surface area contributed by atoms with Gasteiger partial charge in [-0.2, -0.15) is 0 Å². The van der Waals surface area contributed by atoms with E-state index in [9.17, 15) is 10.2 Å². The summed E-state index contributed by atoms with van der Waals surface area (Å²) >= 11 is 0. The van der Waals surface area contributed by atoms with Gasteiger partial charge in [0.2, 0.25) is 0 Å². The molecule has 0 saturated carbocycles. The Kier molecular flexibility index (Phi) is 16.5. The van der Waals surface area contributed by atoms with E-state index < -0.39 is 0 Å². The van der Waals surface area contributed by atoms with Gasteiger partial charge in [0, 0.05) is 0 Å². The Bertz CT molecular complexity index is 203. The first kappa shape index (κ1) is 22.4. The van der Waals surface area contributed by atoms with Crippen LogP contribution in [0.1, 0.15) is 91.4 Å². The van der Waals surface area contributed by atoms with Gasteiger partial charge >= 0.3 is 0 Å². The summed E-state index contributed by atoms with van der Waals surface area (Å²) in [5.74, 6) is 0. The maximum Gasteiger partial charge on any atom is 0.0540 e. The van der Waals surface area contributed by atoms with E-state index in [-0.39, 0.29) is 20.1 Å². The van der Waals surface area contributed by atoms with Gasteiger partial charge in [-0.1, -0.05) is 52.9 Å². The van der Waals surface area contributed by atoms with Gasteiger partial charge in [-0.25, -0.2) is 0 Å². The molecule has 0 aliphatic heterocycles. The van der Waals surface area contributed by atoms with Gasteiger partial charge in [0.15, 0.2) is 0 Å². The Morgan fingerprint density at radius 3 is 1.36 bits per heavy atom. The van der Waals surface area contributed by atoms with E-state index in [0.29, 0.717) is 0 Å². The van der Waals surface area contributed by atoms with Gasteiger partial charge in [0.1, 0.15) is 0 Å². The fourth-order valence-electron chi connectivity index (χ4n) is 2.92. The monoisotopic (exact) mass is 332 g/mol. The van der Waals surface area contributed by atoms with Crippen LogP contribution in [-0.4, -0.2) is 40.9 Å². The van der Waals surface area contributed by atoms with E-state index in [2.05, 4.69) is 20.8 Å². The second-order valence-corrected chi connectivity index (χ2v) is 9.40. The van der Waals surface area contributed by atoms with Crippen molar-refractivity contribution in [1.29, 1.82) is 0 Å².